The van der Waals surface area contributed by atoms with Crippen LogP contribution in [0, 0.1) is 0 Å². The molecular weight excluding hydrogens is 330 g/mol. The maximum atomic E-state index is 12.6. The van der Waals surface area contributed by atoms with Crippen LogP contribution in [-0.4, -0.2) is 42.7 Å². The van der Waals surface area contributed by atoms with Crippen LogP contribution in [0.15, 0.2) is 48.7 Å². The topological polar surface area (TPSA) is 51.7 Å². The Morgan fingerprint density at radius 2 is 1.96 bits per heavy atom. The lowest BCUT2D eigenvalue weighted by Crippen LogP contribution is -2.34. The lowest BCUT2D eigenvalue weighted by atomic mass is 10.1. The first kappa shape index (κ1) is 18.8. The molecule has 0 N–H and O–H groups in total. The minimum Gasteiger partial charge on any atom is -0.435 e. The molecule has 0 aliphatic rings. The summed E-state index contributed by atoms with van der Waals surface area (Å²) < 4.78 is 33.7. The van der Waals surface area contributed by atoms with Gasteiger partial charge in [0.2, 0.25) is 5.91 Å². The Bertz CT molecular complexity index is 651. The Kier molecular flexibility index (Phi) is 7.28. The molecule has 0 unspecified atom stereocenters. The molecule has 1 heterocycles. The first-order valence-corrected chi connectivity index (χ1v) is 7.79. The summed E-state index contributed by atoms with van der Waals surface area (Å²) in [5.74, 6) is -0.0267. The summed E-state index contributed by atoms with van der Waals surface area (Å²) in [5.41, 5.74) is 1.50. The van der Waals surface area contributed by atoms with Crippen LogP contribution in [-0.2, 0) is 22.5 Å². The molecule has 0 saturated carbocycles. The number of benzene rings is 1. The van der Waals surface area contributed by atoms with Crippen molar-refractivity contribution < 1.29 is 23.0 Å². The zero-order valence-corrected chi connectivity index (χ0v) is 13.9. The predicted molar refractivity (Wildman–Crippen MR) is 88.3 cm³/mol. The Balaban J connectivity index is 2.00. The van der Waals surface area contributed by atoms with E-state index < -0.39 is 6.61 Å². The van der Waals surface area contributed by atoms with Gasteiger partial charge in [-0.1, -0.05) is 18.2 Å². The summed E-state index contributed by atoms with van der Waals surface area (Å²) in [7, 11) is 1.57. The van der Waals surface area contributed by atoms with Crippen molar-refractivity contribution in [3.8, 4) is 5.75 Å². The minimum atomic E-state index is -2.87. The number of amides is 1. The quantitative estimate of drug-likeness (QED) is 0.698. The van der Waals surface area contributed by atoms with Gasteiger partial charge < -0.3 is 14.4 Å². The summed E-state index contributed by atoms with van der Waals surface area (Å²) in [6.07, 6.45) is 1.83. The largest absolute Gasteiger partial charge is 0.435 e. The number of carbonyl (C=O) groups excluding carboxylic acids is 1. The first-order valence-electron chi connectivity index (χ1n) is 7.79. The van der Waals surface area contributed by atoms with E-state index in [9.17, 15) is 13.6 Å². The number of methoxy groups -OCH3 is 1. The van der Waals surface area contributed by atoms with Crippen molar-refractivity contribution in [2.24, 2.45) is 0 Å². The van der Waals surface area contributed by atoms with E-state index >= 15 is 0 Å². The second-order valence-electron chi connectivity index (χ2n) is 5.33. The van der Waals surface area contributed by atoms with Crippen LogP contribution in [0.25, 0.3) is 0 Å². The number of ether oxygens (including phenoxy) is 2. The molecule has 5 nitrogen and oxygen atoms in total. The van der Waals surface area contributed by atoms with E-state index in [4.69, 9.17) is 4.74 Å². The van der Waals surface area contributed by atoms with Gasteiger partial charge in [0, 0.05) is 19.9 Å². The molecule has 0 spiro atoms. The fraction of sp³-hybridized carbons (Fsp3) is 0.333. The lowest BCUT2D eigenvalue weighted by molar-refractivity contribution is -0.131. The van der Waals surface area contributed by atoms with E-state index in [2.05, 4.69) is 9.72 Å². The molecule has 25 heavy (non-hydrogen) atoms. The molecule has 0 aliphatic heterocycles. The van der Waals surface area contributed by atoms with Gasteiger partial charge in [-0.2, -0.15) is 8.78 Å². The number of halogens is 2. The summed E-state index contributed by atoms with van der Waals surface area (Å²) in [6, 6.07) is 11.6. The fourth-order valence-electron chi connectivity index (χ4n) is 2.26. The average molecular weight is 350 g/mol. The molecule has 0 atom stereocenters. The average Bonchev–Trinajstić information content (AvgIpc) is 2.60. The van der Waals surface area contributed by atoms with Gasteiger partial charge in [0.15, 0.2) is 0 Å². The second-order valence-corrected chi connectivity index (χ2v) is 5.33. The standard InChI is InChI=1S/C18H20F2N2O3/c1-24-11-10-22(13-15-4-2-3-9-21-15)17(23)12-14-5-7-16(8-6-14)25-18(19)20/h2-9,18H,10-13H2,1H3. The van der Waals surface area contributed by atoms with Crippen molar-refractivity contribution in [1.29, 1.82) is 0 Å². The van der Waals surface area contributed by atoms with E-state index in [0.717, 1.165) is 11.3 Å². The van der Waals surface area contributed by atoms with Gasteiger partial charge in [0.05, 0.1) is 25.3 Å². The van der Waals surface area contributed by atoms with Crippen LogP contribution in [0.4, 0.5) is 8.78 Å². The summed E-state index contributed by atoms with van der Waals surface area (Å²) in [5, 5.41) is 0. The van der Waals surface area contributed by atoms with E-state index in [1.807, 2.05) is 18.2 Å². The molecule has 2 aromatic rings. The summed E-state index contributed by atoms with van der Waals surface area (Å²) in [4.78, 5) is 18.5. The van der Waals surface area contributed by atoms with Gasteiger partial charge in [0.25, 0.3) is 0 Å². The maximum absolute atomic E-state index is 12.6. The van der Waals surface area contributed by atoms with E-state index in [-0.39, 0.29) is 18.1 Å². The highest BCUT2D eigenvalue weighted by Gasteiger charge is 2.15. The lowest BCUT2D eigenvalue weighted by Gasteiger charge is -2.22. The van der Waals surface area contributed by atoms with Crippen molar-refractivity contribution in [3.63, 3.8) is 0 Å². The predicted octanol–water partition coefficient (Wildman–Crippen LogP) is 2.90. The molecule has 0 fully saturated rings. The number of nitrogens with zero attached hydrogens (tertiary/aromatic N) is 2. The molecule has 1 aromatic heterocycles. The molecule has 0 radical (unpaired) electrons. The number of hydrogen-bond donors (Lipinski definition) is 0. The highest BCUT2D eigenvalue weighted by Crippen LogP contribution is 2.16. The van der Waals surface area contributed by atoms with E-state index in [0.29, 0.717) is 19.7 Å². The number of pyridine rings is 1. The molecule has 1 amide bonds. The van der Waals surface area contributed by atoms with Gasteiger partial charge in [-0.05, 0) is 29.8 Å². The molecule has 1 aromatic carbocycles. The van der Waals surface area contributed by atoms with E-state index in [1.54, 1.807) is 30.3 Å². The molecule has 0 saturated heterocycles. The van der Waals surface area contributed by atoms with Crippen LogP contribution < -0.4 is 4.74 Å². The molecular formula is C18H20F2N2O3. The number of carbonyl (C=O) groups is 1. The van der Waals surface area contributed by atoms with Crippen LogP contribution >= 0.6 is 0 Å². The van der Waals surface area contributed by atoms with Crippen LogP contribution in [0.1, 0.15) is 11.3 Å². The Morgan fingerprint density at radius 1 is 1.20 bits per heavy atom. The van der Waals surface area contributed by atoms with Gasteiger partial charge in [-0.3, -0.25) is 9.78 Å². The van der Waals surface area contributed by atoms with Gasteiger partial charge in [-0.25, -0.2) is 0 Å². The zero-order chi connectivity index (χ0) is 18.1. The SMILES string of the molecule is COCCN(Cc1ccccn1)C(=O)Cc1ccc(OC(F)F)cc1. The third kappa shape index (κ3) is 6.46. The van der Waals surface area contributed by atoms with Gasteiger partial charge in [0.1, 0.15) is 5.75 Å². The highest BCUT2D eigenvalue weighted by atomic mass is 19.3. The smallest absolute Gasteiger partial charge is 0.387 e. The minimum absolute atomic E-state index is 0.0657. The zero-order valence-electron chi connectivity index (χ0n) is 13.9. The van der Waals surface area contributed by atoms with Gasteiger partial charge in [-0.15, -0.1) is 0 Å². The summed E-state index contributed by atoms with van der Waals surface area (Å²) in [6.45, 7) is -1.62. The van der Waals surface area contributed by atoms with Crippen molar-refractivity contribution in [1.82, 2.24) is 9.88 Å². The molecule has 2 rings (SSSR count). The Labute approximate surface area is 145 Å². The van der Waals surface area contributed by atoms with Crippen molar-refractivity contribution >= 4 is 5.91 Å². The van der Waals surface area contributed by atoms with Gasteiger partial charge >= 0.3 is 6.61 Å². The summed E-state index contributed by atoms with van der Waals surface area (Å²) >= 11 is 0. The molecule has 134 valence electrons. The third-order valence-electron chi connectivity index (χ3n) is 3.50. The molecule has 0 aliphatic carbocycles. The van der Waals surface area contributed by atoms with Crippen molar-refractivity contribution in [2.75, 3.05) is 20.3 Å². The number of hydrogen-bond acceptors (Lipinski definition) is 4. The van der Waals surface area contributed by atoms with Crippen molar-refractivity contribution in [3.05, 3.63) is 59.9 Å². The third-order valence-corrected chi connectivity index (χ3v) is 3.50. The Morgan fingerprint density at radius 3 is 2.56 bits per heavy atom. The van der Waals surface area contributed by atoms with Crippen LogP contribution in [0.2, 0.25) is 0 Å². The van der Waals surface area contributed by atoms with E-state index in [1.165, 1.54) is 12.1 Å². The monoisotopic (exact) mass is 350 g/mol. The van der Waals surface area contributed by atoms with Crippen LogP contribution in [0.3, 0.4) is 0 Å². The number of rotatable bonds is 9. The van der Waals surface area contributed by atoms with Crippen LogP contribution in [0.5, 0.6) is 5.75 Å². The number of aromatic nitrogens is 1. The first-order chi connectivity index (χ1) is 12.1. The number of alkyl halides is 2. The fourth-order valence-corrected chi connectivity index (χ4v) is 2.26. The normalized spacial score (nSPS) is 10.7. The van der Waals surface area contributed by atoms with Crippen molar-refractivity contribution in [2.45, 2.75) is 19.6 Å². The maximum Gasteiger partial charge on any atom is 0.387 e. The molecule has 7 heteroatoms. The highest BCUT2D eigenvalue weighted by molar-refractivity contribution is 5.78. The molecule has 0 bridgehead atoms. The second kappa shape index (κ2) is 9.68. The Hall–Kier alpha value is -2.54.